The molecule has 0 aliphatic carbocycles. The predicted molar refractivity (Wildman–Crippen MR) is 37.3 cm³/mol. The molecule has 0 saturated carbocycles. The van der Waals surface area contributed by atoms with Crippen molar-refractivity contribution in [3.8, 4) is 0 Å². The van der Waals surface area contributed by atoms with Crippen LogP contribution in [0.4, 0.5) is 0 Å². The molecule has 0 aromatic rings. The molecule has 0 unspecified atom stereocenters. The third-order valence-electron chi connectivity index (χ3n) is 0.129. The van der Waals surface area contributed by atoms with Crippen LogP contribution in [0.15, 0.2) is 0 Å². The number of carboxylic acids is 1. The van der Waals surface area contributed by atoms with Gasteiger partial charge in [-0.15, -0.1) is 0 Å². The van der Waals surface area contributed by atoms with E-state index in [1.807, 2.05) is 0 Å². The second-order valence-electron chi connectivity index (χ2n) is 0.761. The molecule has 0 bridgehead atoms. The van der Waals surface area contributed by atoms with Gasteiger partial charge in [0.15, 0.2) is 0 Å². The van der Waals surface area contributed by atoms with Gasteiger partial charge >= 0.3 is 51.4 Å². The minimum Gasteiger partial charge on any atom is -0.549 e. The normalized spacial score (nSPS) is 6.55. The molecule has 0 saturated heterocycles. The molecule has 0 atom stereocenters. The maximum Gasteiger partial charge on any atom is 1.00 e. The van der Waals surface area contributed by atoms with Crippen molar-refractivity contribution in [1.29, 1.82) is 0 Å². The van der Waals surface area contributed by atoms with Crippen LogP contribution in [-0.4, -0.2) is 25.0 Å². The van der Waals surface area contributed by atoms with Crippen LogP contribution in [0.5, 0.6) is 0 Å². The van der Waals surface area contributed by atoms with E-state index in [0.29, 0.717) is 0 Å². The van der Waals surface area contributed by atoms with Gasteiger partial charge < -0.3 is 16.1 Å². The first kappa shape index (κ1) is 22.9. The number of carbonyl (C=O) groups is 1. The summed E-state index contributed by atoms with van der Waals surface area (Å²) in [4.78, 5) is 9.18. The molecule has 0 aromatic carbocycles. The molecule has 11 heavy (non-hydrogen) atoms. The van der Waals surface area contributed by atoms with Gasteiger partial charge in [-0.25, -0.2) is 0 Å². The molecule has 64 valence electrons. The number of hydrogen-bond donors (Lipinski definition) is 4. The van der Waals surface area contributed by atoms with Crippen LogP contribution in [0.25, 0.3) is 0 Å². The maximum absolute atomic E-state index is 9.18. The minimum absolute atomic E-state index is 0. The minimum atomic E-state index is -2.61. The van der Waals surface area contributed by atoms with E-state index in [1.165, 1.54) is 0 Å². The molecular weight excluding hydrogens is 221 g/mol. The molecule has 0 heterocycles. The summed E-state index contributed by atoms with van der Waals surface area (Å²) < 4.78 is 22.8. The maximum atomic E-state index is 9.18. The van der Waals surface area contributed by atoms with Gasteiger partial charge in [-0.05, 0) is 0 Å². The summed E-state index contributed by atoms with van der Waals surface area (Å²) in [7, 11) is 0. The Labute approximate surface area is 115 Å². The second kappa shape index (κ2) is 17.5. The van der Waals surface area contributed by atoms with Crippen molar-refractivity contribution < 1.29 is 74.6 Å². The Hall–Kier alpha value is 1.49. The van der Waals surface area contributed by atoms with E-state index in [0.717, 1.165) is 0 Å². The van der Waals surface area contributed by atoms with Crippen molar-refractivity contribution in [3.05, 3.63) is 0 Å². The summed E-state index contributed by atoms with van der Waals surface area (Å²) in [6, 6.07) is 0. The summed E-state index contributed by atoms with van der Waals surface area (Å²) in [5.74, 6) is -1.33. The number of hydrogen-bond acceptors (Lipinski definition) is 5. The van der Waals surface area contributed by atoms with Crippen LogP contribution in [0.1, 0.15) is 0 Å². The van der Waals surface area contributed by atoms with E-state index in [4.69, 9.17) is 13.3 Å². The molecule has 9 heteroatoms. The topological polar surface area (TPSA) is 133 Å². The van der Waals surface area contributed by atoms with Crippen LogP contribution in [0, 0.1) is 0 Å². The van der Waals surface area contributed by atoms with Crippen LogP contribution < -0.4 is 62.6 Å². The number of aliphatic carboxylic acids is 1. The van der Waals surface area contributed by atoms with E-state index in [1.54, 1.807) is 0 Å². The predicted octanol–water partition coefficient (Wildman–Crippen LogP) is -4.49. The zero-order valence-electron chi connectivity index (χ0n) is 5.89. The number of carbonyl (C=O) groups excluding carboxylic acids is 1. The van der Waals surface area contributed by atoms with Gasteiger partial charge in [0.1, 0.15) is 0 Å². The summed E-state index contributed by atoms with van der Waals surface area (Å²) in [5, 5.41) is 9.18. The molecule has 0 aliphatic rings. The van der Waals surface area contributed by atoms with Gasteiger partial charge in [0.25, 0.3) is 11.4 Å². The fourth-order valence-electron chi connectivity index (χ4n) is 0. The zero-order valence-corrected chi connectivity index (χ0v) is 10.7. The Morgan fingerprint density at radius 3 is 1.64 bits per heavy atom. The van der Waals surface area contributed by atoms with E-state index in [-0.39, 0.29) is 63.3 Å². The summed E-state index contributed by atoms with van der Waals surface area (Å²) in [5.41, 5.74) is 0. The average molecular weight is 229 g/mol. The molecule has 0 radical (unpaired) electrons. The van der Waals surface area contributed by atoms with Crippen LogP contribution in [0.3, 0.4) is 0 Å². The number of thiol groups is 1. The smallest absolute Gasteiger partial charge is 0.549 e. The van der Waals surface area contributed by atoms with Crippen molar-refractivity contribution in [2.75, 3.05) is 5.75 Å². The third kappa shape index (κ3) is 85.0. The molecule has 0 spiro atoms. The first-order valence-electron chi connectivity index (χ1n) is 1.61. The quantitative estimate of drug-likeness (QED) is 0.203. The number of rotatable bonds is 1. The van der Waals surface area contributed by atoms with Crippen LogP contribution in [-0.2, 0) is 16.2 Å². The summed E-state index contributed by atoms with van der Waals surface area (Å²) >= 11 is 0.742. The van der Waals surface area contributed by atoms with Crippen LogP contribution in [0.2, 0.25) is 0 Å². The van der Waals surface area contributed by atoms with Crippen molar-refractivity contribution >= 4 is 30.0 Å². The third-order valence-corrected chi connectivity index (χ3v) is 0.387. The van der Waals surface area contributed by atoms with Crippen molar-refractivity contribution in [2.45, 2.75) is 0 Å². The van der Waals surface area contributed by atoms with Gasteiger partial charge in [0.05, 0.1) is 5.97 Å². The Kier molecular flexibility index (Phi) is 36.5. The monoisotopic (exact) mass is 229 g/mol. The Morgan fingerprint density at radius 1 is 1.55 bits per heavy atom. The van der Waals surface area contributed by atoms with Gasteiger partial charge in [0, 0.05) is 5.75 Å². The number of carboxylic acid groups (broad SMARTS) is 1. The molecule has 5 N–H and O–H groups in total. The SMILES string of the molecule is N.O=C([O-])CS.O=S(O)O.[K+]. The first-order chi connectivity index (χ1) is 4.00. The molecular formula is C2H8KNO5S2. The van der Waals surface area contributed by atoms with Gasteiger partial charge in [-0.3, -0.25) is 9.11 Å². The molecule has 0 rings (SSSR count). The van der Waals surface area contributed by atoms with E-state index >= 15 is 0 Å². The zero-order chi connectivity index (χ0) is 7.86. The Bertz CT molecular complexity index is 107. The largest absolute Gasteiger partial charge is 1.00 e. The van der Waals surface area contributed by atoms with Gasteiger partial charge in [-0.1, -0.05) is 0 Å². The van der Waals surface area contributed by atoms with Crippen molar-refractivity contribution in [2.24, 2.45) is 0 Å². The Balaban J connectivity index is -0.0000000383. The first-order valence-corrected chi connectivity index (χ1v) is 3.31. The molecule has 6 nitrogen and oxygen atoms in total. The summed E-state index contributed by atoms with van der Waals surface area (Å²) in [6.45, 7) is 0. The van der Waals surface area contributed by atoms with Gasteiger partial charge in [0.2, 0.25) is 0 Å². The molecule has 0 aromatic heterocycles. The van der Waals surface area contributed by atoms with Gasteiger partial charge in [-0.2, -0.15) is 16.8 Å². The van der Waals surface area contributed by atoms with E-state index in [2.05, 4.69) is 12.6 Å². The van der Waals surface area contributed by atoms with Crippen molar-refractivity contribution in [1.82, 2.24) is 6.15 Å². The molecule has 0 fully saturated rings. The fourth-order valence-corrected chi connectivity index (χ4v) is 0. The average Bonchev–Trinajstić information content (AvgIpc) is 1.65. The fraction of sp³-hybridized carbons (Fsp3) is 0.500. The standard InChI is InChI=1S/C2H4O2S.K.H3N.H2O3S/c3-2(4)1-5;;;1-4(2)3/h5H,1H2,(H,3,4);;1H3;(H2,1,2,3)/q;+1;;/p-1. The Morgan fingerprint density at radius 2 is 1.64 bits per heavy atom. The second-order valence-corrected chi connectivity index (χ2v) is 1.54. The molecule has 0 amide bonds. The van der Waals surface area contributed by atoms with E-state index < -0.39 is 17.3 Å². The molecule has 0 aliphatic heterocycles. The van der Waals surface area contributed by atoms with Crippen LogP contribution >= 0.6 is 12.6 Å². The van der Waals surface area contributed by atoms with E-state index in [9.17, 15) is 9.90 Å². The van der Waals surface area contributed by atoms with Crippen molar-refractivity contribution in [3.63, 3.8) is 0 Å². The summed E-state index contributed by atoms with van der Waals surface area (Å²) in [6.07, 6.45) is 0.